The van der Waals surface area contributed by atoms with Crippen LogP contribution in [0.15, 0.2) is 47.5 Å². The van der Waals surface area contributed by atoms with E-state index in [0.717, 1.165) is 18.4 Å². The van der Waals surface area contributed by atoms with Gasteiger partial charge < -0.3 is 20.7 Å². The molecular weight excluding hydrogens is 402 g/mol. The molecule has 0 aromatic heterocycles. The Morgan fingerprint density at radius 2 is 1.87 bits per heavy atom. The fraction of sp³-hybridized carbons (Fsp3) is 0.391. The minimum Gasteiger partial charge on any atom is -0.490 e. The first kappa shape index (κ1) is 22.5. The van der Waals surface area contributed by atoms with Gasteiger partial charge in [0.1, 0.15) is 5.82 Å². The highest BCUT2D eigenvalue weighted by atomic mass is 19.1. The van der Waals surface area contributed by atoms with Gasteiger partial charge in [-0.2, -0.15) is 0 Å². The molecule has 0 aliphatic heterocycles. The van der Waals surface area contributed by atoms with Crippen LogP contribution in [0.1, 0.15) is 41.7 Å². The fourth-order valence-corrected chi connectivity index (χ4v) is 2.98. The van der Waals surface area contributed by atoms with Crippen molar-refractivity contribution in [3.63, 3.8) is 0 Å². The molecule has 166 valence electrons. The van der Waals surface area contributed by atoms with Crippen molar-refractivity contribution in [2.45, 2.75) is 25.8 Å². The van der Waals surface area contributed by atoms with Gasteiger partial charge >= 0.3 is 0 Å². The Kier molecular flexibility index (Phi) is 7.81. The molecular formula is C23H28F2N4O2. The monoisotopic (exact) mass is 430 g/mol. The standard InChI is InChI=1S/C23H28F2N4O2/c1-15(17-9-10-21(20(25)13-17)31-14-16-7-8-16)29-23(26-2)28-12-11-27-22(30)18-5-3-4-6-19(18)24/h3-6,9-10,13,15-16H,7-8,11-12,14H2,1-2H3,(H,27,30)(H2,26,28,29). The van der Waals surface area contributed by atoms with E-state index in [2.05, 4.69) is 20.9 Å². The summed E-state index contributed by atoms with van der Waals surface area (Å²) in [6, 6.07) is 10.6. The van der Waals surface area contributed by atoms with Crippen LogP contribution in [0.2, 0.25) is 0 Å². The molecule has 0 spiro atoms. The Hall–Kier alpha value is -3.16. The maximum atomic E-state index is 14.3. The number of halogens is 2. The molecule has 0 radical (unpaired) electrons. The molecule has 1 atom stereocenters. The molecule has 8 heteroatoms. The van der Waals surface area contributed by atoms with E-state index < -0.39 is 11.7 Å². The second-order valence-electron chi connectivity index (χ2n) is 7.55. The number of nitrogens with zero attached hydrogens (tertiary/aromatic N) is 1. The first-order chi connectivity index (χ1) is 15.0. The van der Waals surface area contributed by atoms with Gasteiger partial charge in [-0.3, -0.25) is 9.79 Å². The van der Waals surface area contributed by atoms with Crippen LogP contribution in [0.4, 0.5) is 8.78 Å². The van der Waals surface area contributed by atoms with Crippen LogP contribution in [-0.4, -0.2) is 38.6 Å². The van der Waals surface area contributed by atoms with Gasteiger partial charge in [0.15, 0.2) is 17.5 Å². The van der Waals surface area contributed by atoms with Crippen LogP contribution < -0.4 is 20.7 Å². The largest absolute Gasteiger partial charge is 0.490 e. The molecule has 31 heavy (non-hydrogen) atoms. The summed E-state index contributed by atoms with van der Waals surface area (Å²) < 4.78 is 33.5. The molecule has 1 saturated carbocycles. The number of benzene rings is 2. The summed E-state index contributed by atoms with van der Waals surface area (Å²) in [5.74, 6) is -0.0830. The summed E-state index contributed by atoms with van der Waals surface area (Å²) in [5, 5.41) is 8.90. The highest BCUT2D eigenvalue weighted by molar-refractivity contribution is 5.94. The molecule has 1 amide bonds. The van der Waals surface area contributed by atoms with Gasteiger partial charge in [-0.15, -0.1) is 0 Å². The Morgan fingerprint density at radius 1 is 1.13 bits per heavy atom. The Balaban J connectivity index is 1.44. The smallest absolute Gasteiger partial charge is 0.254 e. The zero-order valence-corrected chi connectivity index (χ0v) is 17.8. The van der Waals surface area contributed by atoms with Gasteiger partial charge in [0.25, 0.3) is 5.91 Å². The Morgan fingerprint density at radius 3 is 2.55 bits per heavy atom. The van der Waals surface area contributed by atoms with Gasteiger partial charge in [-0.25, -0.2) is 8.78 Å². The third-order valence-electron chi connectivity index (χ3n) is 5.03. The summed E-state index contributed by atoms with van der Waals surface area (Å²) in [6.07, 6.45) is 2.30. The van der Waals surface area contributed by atoms with Gasteiger partial charge in [0.05, 0.1) is 18.2 Å². The first-order valence-corrected chi connectivity index (χ1v) is 10.4. The minimum atomic E-state index is -0.560. The van der Waals surface area contributed by atoms with E-state index in [1.165, 1.54) is 24.3 Å². The molecule has 1 aliphatic carbocycles. The van der Waals surface area contributed by atoms with Crippen LogP contribution in [0, 0.1) is 17.6 Å². The second kappa shape index (κ2) is 10.7. The topological polar surface area (TPSA) is 74.8 Å². The van der Waals surface area contributed by atoms with Gasteiger partial charge in [0, 0.05) is 20.1 Å². The number of carbonyl (C=O) groups is 1. The molecule has 1 aliphatic rings. The third kappa shape index (κ3) is 6.67. The normalized spacial score (nSPS) is 14.6. The molecule has 0 heterocycles. The summed E-state index contributed by atoms with van der Waals surface area (Å²) >= 11 is 0. The number of nitrogens with one attached hydrogen (secondary N) is 3. The molecule has 0 saturated heterocycles. The highest BCUT2D eigenvalue weighted by Crippen LogP contribution is 2.30. The number of ether oxygens (including phenoxy) is 1. The lowest BCUT2D eigenvalue weighted by molar-refractivity contribution is 0.0950. The molecule has 2 aromatic rings. The average molecular weight is 430 g/mol. The molecule has 1 unspecified atom stereocenters. The van der Waals surface area contributed by atoms with E-state index in [1.54, 1.807) is 19.2 Å². The third-order valence-corrected chi connectivity index (χ3v) is 5.03. The number of carbonyl (C=O) groups excluding carboxylic acids is 1. The quantitative estimate of drug-likeness (QED) is 0.324. The number of amides is 1. The Labute approximate surface area is 181 Å². The van der Waals surface area contributed by atoms with Gasteiger partial charge in [0.2, 0.25) is 0 Å². The van der Waals surface area contributed by atoms with Crippen LogP contribution in [0.25, 0.3) is 0 Å². The van der Waals surface area contributed by atoms with Crippen molar-refractivity contribution in [1.82, 2.24) is 16.0 Å². The molecule has 3 N–H and O–H groups in total. The fourth-order valence-electron chi connectivity index (χ4n) is 2.98. The SMILES string of the molecule is CN=C(NCCNC(=O)c1ccccc1F)NC(C)c1ccc(OCC2CC2)c(F)c1. The maximum absolute atomic E-state index is 14.3. The Bertz CT molecular complexity index is 932. The van der Waals surface area contributed by atoms with E-state index in [0.29, 0.717) is 25.0 Å². The minimum absolute atomic E-state index is 0.00483. The summed E-state index contributed by atoms with van der Waals surface area (Å²) in [7, 11) is 1.62. The van der Waals surface area contributed by atoms with Crippen molar-refractivity contribution < 1.29 is 18.3 Å². The number of guanidine groups is 1. The van der Waals surface area contributed by atoms with Crippen molar-refractivity contribution in [3.05, 3.63) is 65.2 Å². The average Bonchev–Trinajstić information content (AvgIpc) is 3.59. The summed E-state index contributed by atoms with van der Waals surface area (Å²) in [5.41, 5.74) is 0.761. The van der Waals surface area contributed by atoms with Crippen molar-refractivity contribution in [2.75, 3.05) is 26.7 Å². The molecule has 6 nitrogen and oxygen atoms in total. The lowest BCUT2D eigenvalue weighted by Crippen LogP contribution is -2.42. The van der Waals surface area contributed by atoms with E-state index >= 15 is 0 Å². The van der Waals surface area contributed by atoms with Crippen molar-refractivity contribution >= 4 is 11.9 Å². The van der Waals surface area contributed by atoms with E-state index in [-0.39, 0.29) is 29.7 Å². The summed E-state index contributed by atoms with van der Waals surface area (Å²) in [6.45, 7) is 3.12. The van der Waals surface area contributed by atoms with E-state index in [9.17, 15) is 13.6 Å². The van der Waals surface area contributed by atoms with Crippen LogP contribution >= 0.6 is 0 Å². The van der Waals surface area contributed by atoms with E-state index in [1.807, 2.05) is 13.0 Å². The molecule has 2 aromatic carbocycles. The number of hydrogen-bond donors (Lipinski definition) is 3. The molecule has 3 rings (SSSR count). The zero-order chi connectivity index (χ0) is 22.2. The lowest BCUT2D eigenvalue weighted by atomic mass is 10.1. The first-order valence-electron chi connectivity index (χ1n) is 10.4. The second-order valence-corrected chi connectivity index (χ2v) is 7.55. The van der Waals surface area contributed by atoms with Crippen molar-refractivity contribution in [3.8, 4) is 5.75 Å². The van der Waals surface area contributed by atoms with Crippen LogP contribution in [0.3, 0.4) is 0 Å². The van der Waals surface area contributed by atoms with Crippen LogP contribution in [0.5, 0.6) is 5.75 Å². The predicted octanol–water partition coefficient (Wildman–Crippen LogP) is 3.41. The van der Waals surface area contributed by atoms with Crippen molar-refractivity contribution in [2.24, 2.45) is 10.9 Å². The van der Waals surface area contributed by atoms with Gasteiger partial charge in [-0.05, 0) is 55.5 Å². The highest BCUT2D eigenvalue weighted by Gasteiger charge is 2.22. The zero-order valence-electron chi connectivity index (χ0n) is 17.8. The predicted molar refractivity (Wildman–Crippen MR) is 116 cm³/mol. The van der Waals surface area contributed by atoms with Gasteiger partial charge in [-0.1, -0.05) is 18.2 Å². The van der Waals surface area contributed by atoms with Crippen LogP contribution in [-0.2, 0) is 0 Å². The maximum Gasteiger partial charge on any atom is 0.254 e. The molecule has 1 fully saturated rings. The number of aliphatic imine (C=N–C) groups is 1. The number of rotatable bonds is 9. The summed E-state index contributed by atoms with van der Waals surface area (Å²) in [4.78, 5) is 16.2. The lowest BCUT2D eigenvalue weighted by Gasteiger charge is -2.19. The molecule has 0 bridgehead atoms. The number of hydrogen-bond acceptors (Lipinski definition) is 3. The van der Waals surface area contributed by atoms with Crippen molar-refractivity contribution in [1.29, 1.82) is 0 Å². The van der Waals surface area contributed by atoms with E-state index in [4.69, 9.17) is 4.74 Å².